The van der Waals surface area contributed by atoms with Crippen LogP contribution in [0.5, 0.6) is 0 Å². The number of benzene rings is 1. The minimum Gasteiger partial charge on any atom is -0.460 e. The van der Waals surface area contributed by atoms with Gasteiger partial charge < -0.3 is 9.72 Å². The summed E-state index contributed by atoms with van der Waals surface area (Å²) < 4.78 is 5.70. The van der Waals surface area contributed by atoms with Crippen LogP contribution in [0.4, 0.5) is 0 Å². The van der Waals surface area contributed by atoms with E-state index in [1.165, 1.54) is 0 Å². The van der Waals surface area contributed by atoms with Crippen molar-refractivity contribution in [3.8, 4) is 0 Å². The molecule has 0 aliphatic rings. The lowest BCUT2D eigenvalue weighted by molar-refractivity contribution is 0.0512. The van der Waals surface area contributed by atoms with Crippen LogP contribution in [0, 0.1) is 0 Å². The van der Waals surface area contributed by atoms with E-state index in [2.05, 4.69) is 25.9 Å². The van der Waals surface area contributed by atoms with Crippen molar-refractivity contribution in [2.45, 2.75) is 33.1 Å². The highest BCUT2D eigenvalue weighted by molar-refractivity contribution is 9.10. The molecule has 2 aromatic rings. The Morgan fingerprint density at radius 2 is 2.05 bits per heavy atom. The molecule has 5 nitrogen and oxygen atoms in total. The van der Waals surface area contributed by atoms with E-state index in [-0.39, 0.29) is 23.4 Å². The molecule has 0 amide bonds. The average Bonchev–Trinajstić information content (AvgIpc) is 2.37. The van der Waals surface area contributed by atoms with E-state index in [4.69, 9.17) is 4.74 Å². The van der Waals surface area contributed by atoms with Crippen LogP contribution < -0.4 is 5.56 Å². The van der Waals surface area contributed by atoms with Crippen LogP contribution in [0.1, 0.15) is 43.9 Å². The zero-order valence-corrected chi connectivity index (χ0v) is 14.0. The molecule has 0 saturated carbocycles. The van der Waals surface area contributed by atoms with Gasteiger partial charge in [-0.25, -0.2) is 9.78 Å². The molecular weight excluding hydrogens is 336 g/mol. The fourth-order valence-corrected chi connectivity index (χ4v) is 2.53. The summed E-state index contributed by atoms with van der Waals surface area (Å²) in [4.78, 5) is 30.8. The SMILES string of the molecule is CCOC(=O)c1nc2c(C(C)(C)C)cc(Br)cc2c(=O)[nH]1. The molecule has 0 aliphatic carbocycles. The van der Waals surface area contributed by atoms with Gasteiger partial charge in [0.1, 0.15) is 0 Å². The van der Waals surface area contributed by atoms with E-state index in [1.807, 2.05) is 26.8 Å². The number of carbonyl (C=O) groups excluding carboxylic acids is 1. The molecule has 0 spiro atoms. The van der Waals surface area contributed by atoms with Gasteiger partial charge in [0, 0.05) is 4.47 Å². The molecule has 6 heteroatoms. The minimum atomic E-state index is -0.626. The molecule has 1 aromatic carbocycles. The maximum absolute atomic E-state index is 12.2. The summed E-state index contributed by atoms with van der Waals surface area (Å²) in [5, 5.41) is 0.447. The molecule has 0 atom stereocenters. The predicted molar refractivity (Wildman–Crippen MR) is 84.7 cm³/mol. The summed E-state index contributed by atoms with van der Waals surface area (Å²) in [5.41, 5.74) is 0.852. The number of hydrogen-bond donors (Lipinski definition) is 1. The van der Waals surface area contributed by atoms with Gasteiger partial charge in [-0.05, 0) is 30.0 Å². The zero-order chi connectivity index (χ0) is 15.8. The molecule has 0 saturated heterocycles. The van der Waals surface area contributed by atoms with Crippen LogP contribution in [0.3, 0.4) is 0 Å². The normalized spacial score (nSPS) is 11.7. The first kappa shape index (κ1) is 15.7. The van der Waals surface area contributed by atoms with Gasteiger partial charge in [0.15, 0.2) is 0 Å². The number of nitrogens with one attached hydrogen (secondary N) is 1. The topological polar surface area (TPSA) is 72.0 Å². The van der Waals surface area contributed by atoms with Crippen molar-refractivity contribution in [2.75, 3.05) is 6.61 Å². The van der Waals surface area contributed by atoms with Gasteiger partial charge in [0.05, 0.1) is 17.5 Å². The number of hydrogen-bond acceptors (Lipinski definition) is 4. The van der Waals surface area contributed by atoms with Crippen molar-refractivity contribution in [1.82, 2.24) is 9.97 Å². The second-order valence-corrected chi connectivity index (χ2v) is 6.65. The monoisotopic (exact) mass is 352 g/mol. The molecule has 0 radical (unpaired) electrons. The summed E-state index contributed by atoms with van der Waals surface area (Å²) in [6.07, 6.45) is 0. The second kappa shape index (κ2) is 5.60. The van der Waals surface area contributed by atoms with Crippen molar-refractivity contribution >= 4 is 32.8 Å². The predicted octanol–water partition coefficient (Wildman–Crippen LogP) is 3.16. The highest BCUT2D eigenvalue weighted by atomic mass is 79.9. The Bertz CT molecular complexity index is 760. The van der Waals surface area contributed by atoms with Gasteiger partial charge in [-0.15, -0.1) is 0 Å². The number of aromatic nitrogens is 2. The maximum Gasteiger partial charge on any atom is 0.374 e. The number of fused-ring (bicyclic) bond motifs is 1. The molecule has 21 heavy (non-hydrogen) atoms. The fraction of sp³-hybridized carbons (Fsp3) is 0.400. The molecule has 2 rings (SSSR count). The number of carbonyl (C=O) groups is 1. The highest BCUT2D eigenvalue weighted by Crippen LogP contribution is 2.30. The number of ether oxygens (including phenoxy) is 1. The van der Waals surface area contributed by atoms with Gasteiger partial charge in [-0.2, -0.15) is 0 Å². The van der Waals surface area contributed by atoms with E-state index >= 15 is 0 Å². The lowest BCUT2D eigenvalue weighted by Crippen LogP contribution is -2.21. The van der Waals surface area contributed by atoms with Crippen molar-refractivity contribution in [3.05, 3.63) is 38.3 Å². The number of nitrogens with zero attached hydrogens (tertiary/aromatic N) is 1. The van der Waals surface area contributed by atoms with Gasteiger partial charge in [0.2, 0.25) is 5.82 Å². The summed E-state index contributed by atoms with van der Waals surface area (Å²) in [6, 6.07) is 3.62. The lowest BCUT2D eigenvalue weighted by Gasteiger charge is -2.21. The summed E-state index contributed by atoms with van der Waals surface area (Å²) in [5.74, 6) is -0.693. The van der Waals surface area contributed by atoms with Crippen LogP contribution in [0.25, 0.3) is 10.9 Å². The van der Waals surface area contributed by atoms with Crippen molar-refractivity contribution in [1.29, 1.82) is 0 Å². The van der Waals surface area contributed by atoms with Gasteiger partial charge in [-0.3, -0.25) is 4.79 Å². The molecule has 1 heterocycles. The molecule has 0 unspecified atom stereocenters. The molecule has 0 fully saturated rings. The zero-order valence-electron chi connectivity index (χ0n) is 12.4. The third kappa shape index (κ3) is 3.15. The summed E-state index contributed by atoms with van der Waals surface area (Å²) in [7, 11) is 0. The number of rotatable bonds is 2. The largest absolute Gasteiger partial charge is 0.460 e. The third-order valence-corrected chi connectivity index (χ3v) is 3.51. The van der Waals surface area contributed by atoms with Crippen LogP contribution >= 0.6 is 15.9 Å². The molecule has 112 valence electrons. The molecule has 1 N–H and O–H groups in total. The first-order valence-corrected chi connectivity index (χ1v) is 7.44. The Balaban J connectivity index is 2.80. The first-order valence-electron chi connectivity index (χ1n) is 6.65. The second-order valence-electron chi connectivity index (χ2n) is 5.73. The Kier molecular flexibility index (Phi) is 4.18. The quantitative estimate of drug-likeness (QED) is 0.842. The Hall–Kier alpha value is -1.69. The molecular formula is C15H17BrN2O3. The van der Waals surface area contributed by atoms with Gasteiger partial charge >= 0.3 is 5.97 Å². The van der Waals surface area contributed by atoms with E-state index in [1.54, 1.807) is 13.0 Å². The summed E-state index contributed by atoms with van der Waals surface area (Å²) >= 11 is 3.41. The molecule has 1 aromatic heterocycles. The van der Waals surface area contributed by atoms with Crippen molar-refractivity contribution < 1.29 is 9.53 Å². The van der Waals surface area contributed by atoms with Gasteiger partial charge in [0.25, 0.3) is 5.56 Å². The van der Waals surface area contributed by atoms with Crippen LogP contribution in [-0.4, -0.2) is 22.5 Å². The molecule has 0 aliphatic heterocycles. The Morgan fingerprint density at radius 1 is 1.38 bits per heavy atom. The van der Waals surface area contributed by atoms with E-state index < -0.39 is 5.97 Å². The van der Waals surface area contributed by atoms with Crippen molar-refractivity contribution in [3.63, 3.8) is 0 Å². The van der Waals surface area contributed by atoms with E-state index in [0.717, 1.165) is 10.0 Å². The van der Waals surface area contributed by atoms with E-state index in [9.17, 15) is 9.59 Å². The smallest absolute Gasteiger partial charge is 0.374 e. The van der Waals surface area contributed by atoms with Crippen molar-refractivity contribution in [2.24, 2.45) is 0 Å². The number of H-pyrrole nitrogens is 1. The standard InChI is InChI=1S/C15H17BrN2O3/c1-5-21-14(20)12-17-11-9(13(19)18-12)6-8(16)7-10(11)15(2,3)4/h6-7H,5H2,1-4H3,(H,17,18,19). The maximum atomic E-state index is 12.2. The van der Waals surface area contributed by atoms with Crippen LogP contribution in [-0.2, 0) is 10.2 Å². The number of halogens is 1. The summed E-state index contributed by atoms with van der Waals surface area (Å²) in [6.45, 7) is 8.02. The Morgan fingerprint density at radius 3 is 2.62 bits per heavy atom. The van der Waals surface area contributed by atoms with Crippen LogP contribution in [0.2, 0.25) is 0 Å². The fourth-order valence-electron chi connectivity index (χ4n) is 2.08. The van der Waals surface area contributed by atoms with Gasteiger partial charge in [-0.1, -0.05) is 36.7 Å². The number of aromatic amines is 1. The Labute approximate surface area is 130 Å². The molecule has 0 bridgehead atoms. The number of esters is 1. The third-order valence-electron chi connectivity index (χ3n) is 3.05. The average molecular weight is 353 g/mol. The first-order chi connectivity index (χ1) is 9.74. The van der Waals surface area contributed by atoms with Crippen LogP contribution in [0.15, 0.2) is 21.4 Å². The highest BCUT2D eigenvalue weighted by Gasteiger charge is 2.22. The van der Waals surface area contributed by atoms with E-state index in [0.29, 0.717) is 10.9 Å². The minimum absolute atomic E-state index is 0.0674. The lowest BCUT2D eigenvalue weighted by atomic mass is 9.85.